The quantitative estimate of drug-likeness (QED) is 0.793. The van der Waals surface area contributed by atoms with Crippen LogP contribution in [0.1, 0.15) is 45.4 Å². The molecule has 17 heavy (non-hydrogen) atoms. The Labute approximate surface area is 103 Å². The standard InChI is InChI=1S/C13H23NO3/c1-13(16)5-7-14(8-6-13)12(15)10-11-4-2-3-9-17-11/h11,16H,2-10H2,1H3. The molecular weight excluding hydrogens is 218 g/mol. The molecule has 2 aliphatic heterocycles. The maximum atomic E-state index is 12.0. The highest BCUT2D eigenvalue weighted by Crippen LogP contribution is 2.23. The highest BCUT2D eigenvalue weighted by molar-refractivity contribution is 5.76. The van der Waals surface area contributed by atoms with Crippen molar-refractivity contribution in [3.05, 3.63) is 0 Å². The predicted molar refractivity (Wildman–Crippen MR) is 64.6 cm³/mol. The van der Waals surface area contributed by atoms with E-state index in [9.17, 15) is 9.90 Å². The van der Waals surface area contributed by atoms with Crippen LogP contribution in [0.5, 0.6) is 0 Å². The first-order chi connectivity index (χ1) is 8.07. The minimum absolute atomic E-state index is 0.124. The first-order valence-corrected chi connectivity index (χ1v) is 6.69. The van der Waals surface area contributed by atoms with Gasteiger partial charge in [0.15, 0.2) is 0 Å². The maximum Gasteiger partial charge on any atom is 0.225 e. The van der Waals surface area contributed by atoms with E-state index in [4.69, 9.17) is 4.74 Å². The Morgan fingerprint density at radius 1 is 1.41 bits per heavy atom. The summed E-state index contributed by atoms with van der Waals surface area (Å²) in [5.74, 6) is 0.187. The molecule has 2 rings (SSSR count). The maximum absolute atomic E-state index is 12.0. The molecule has 0 saturated carbocycles. The van der Waals surface area contributed by atoms with Crippen LogP contribution in [0.15, 0.2) is 0 Å². The molecule has 4 nitrogen and oxygen atoms in total. The largest absolute Gasteiger partial charge is 0.390 e. The molecule has 2 fully saturated rings. The molecule has 2 aliphatic rings. The summed E-state index contributed by atoms with van der Waals surface area (Å²) in [6, 6.07) is 0. The van der Waals surface area contributed by atoms with E-state index in [1.807, 2.05) is 11.8 Å². The van der Waals surface area contributed by atoms with E-state index in [2.05, 4.69) is 0 Å². The Morgan fingerprint density at radius 3 is 2.71 bits per heavy atom. The highest BCUT2D eigenvalue weighted by Gasteiger charge is 2.30. The number of hydrogen-bond acceptors (Lipinski definition) is 3. The number of hydrogen-bond donors (Lipinski definition) is 1. The van der Waals surface area contributed by atoms with Crippen molar-refractivity contribution in [2.24, 2.45) is 0 Å². The van der Waals surface area contributed by atoms with Crippen LogP contribution in [-0.4, -0.2) is 47.3 Å². The van der Waals surface area contributed by atoms with Gasteiger partial charge in [-0.2, -0.15) is 0 Å². The fourth-order valence-corrected chi connectivity index (χ4v) is 2.53. The van der Waals surface area contributed by atoms with Gasteiger partial charge in [0.2, 0.25) is 5.91 Å². The van der Waals surface area contributed by atoms with Gasteiger partial charge in [-0.3, -0.25) is 4.79 Å². The molecule has 0 aromatic rings. The van der Waals surface area contributed by atoms with E-state index in [-0.39, 0.29) is 12.0 Å². The molecule has 1 atom stereocenters. The summed E-state index contributed by atoms with van der Waals surface area (Å²) >= 11 is 0. The van der Waals surface area contributed by atoms with E-state index >= 15 is 0 Å². The van der Waals surface area contributed by atoms with Crippen molar-refractivity contribution >= 4 is 5.91 Å². The molecule has 1 unspecified atom stereocenters. The number of carbonyl (C=O) groups is 1. The third-order valence-corrected chi connectivity index (χ3v) is 3.87. The van der Waals surface area contributed by atoms with Crippen molar-refractivity contribution in [2.75, 3.05) is 19.7 Å². The topological polar surface area (TPSA) is 49.8 Å². The van der Waals surface area contributed by atoms with Crippen LogP contribution in [-0.2, 0) is 9.53 Å². The number of amides is 1. The molecule has 2 heterocycles. The van der Waals surface area contributed by atoms with Gasteiger partial charge in [-0.05, 0) is 39.0 Å². The van der Waals surface area contributed by atoms with Gasteiger partial charge in [0, 0.05) is 19.7 Å². The summed E-state index contributed by atoms with van der Waals surface area (Å²) < 4.78 is 5.58. The van der Waals surface area contributed by atoms with Crippen LogP contribution in [0, 0.1) is 0 Å². The lowest BCUT2D eigenvalue weighted by Gasteiger charge is -2.36. The van der Waals surface area contributed by atoms with Crippen molar-refractivity contribution in [1.82, 2.24) is 4.90 Å². The Balaban J connectivity index is 1.76. The van der Waals surface area contributed by atoms with Crippen molar-refractivity contribution in [1.29, 1.82) is 0 Å². The molecule has 1 N–H and O–H groups in total. The molecule has 4 heteroatoms. The lowest BCUT2D eigenvalue weighted by Crippen LogP contribution is -2.46. The average molecular weight is 241 g/mol. The Hall–Kier alpha value is -0.610. The Morgan fingerprint density at radius 2 is 2.12 bits per heavy atom. The van der Waals surface area contributed by atoms with Gasteiger partial charge in [0.25, 0.3) is 0 Å². The van der Waals surface area contributed by atoms with Gasteiger partial charge >= 0.3 is 0 Å². The third-order valence-electron chi connectivity index (χ3n) is 3.87. The molecule has 0 aromatic heterocycles. The summed E-state index contributed by atoms with van der Waals surface area (Å²) in [5.41, 5.74) is -0.585. The number of likely N-dealkylation sites (tertiary alicyclic amines) is 1. The number of ether oxygens (including phenoxy) is 1. The number of nitrogens with zero attached hydrogens (tertiary/aromatic N) is 1. The minimum Gasteiger partial charge on any atom is -0.390 e. The zero-order valence-electron chi connectivity index (χ0n) is 10.7. The molecule has 98 valence electrons. The van der Waals surface area contributed by atoms with Crippen LogP contribution in [0.2, 0.25) is 0 Å². The zero-order chi connectivity index (χ0) is 12.3. The lowest BCUT2D eigenvalue weighted by molar-refractivity contribution is -0.138. The first kappa shape index (κ1) is 12.8. The van der Waals surface area contributed by atoms with Crippen LogP contribution in [0.3, 0.4) is 0 Å². The SMILES string of the molecule is CC1(O)CCN(C(=O)CC2CCCCO2)CC1. The van der Waals surface area contributed by atoms with E-state index in [0.29, 0.717) is 32.4 Å². The van der Waals surface area contributed by atoms with Crippen molar-refractivity contribution in [3.63, 3.8) is 0 Å². The molecule has 0 aromatic carbocycles. The molecule has 0 aliphatic carbocycles. The van der Waals surface area contributed by atoms with E-state index < -0.39 is 5.60 Å². The summed E-state index contributed by atoms with van der Waals surface area (Å²) in [6.07, 6.45) is 5.32. The predicted octanol–water partition coefficient (Wildman–Crippen LogP) is 1.32. The van der Waals surface area contributed by atoms with Crippen molar-refractivity contribution in [3.8, 4) is 0 Å². The van der Waals surface area contributed by atoms with Crippen LogP contribution >= 0.6 is 0 Å². The summed E-state index contributed by atoms with van der Waals surface area (Å²) in [5, 5.41) is 9.83. The van der Waals surface area contributed by atoms with E-state index in [1.54, 1.807) is 0 Å². The molecular formula is C13H23NO3. The van der Waals surface area contributed by atoms with Crippen molar-refractivity contribution < 1.29 is 14.6 Å². The smallest absolute Gasteiger partial charge is 0.225 e. The van der Waals surface area contributed by atoms with Crippen molar-refractivity contribution in [2.45, 2.75) is 57.2 Å². The van der Waals surface area contributed by atoms with Crippen LogP contribution < -0.4 is 0 Å². The number of rotatable bonds is 2. The van der Waals surface area contributed by atoms with Gasteiger partial charge in [0.05, 0.1) is 18.1 Å². The van der Waals surface area contributed by atoms with Gasteiger partial charge in [-0.15, -0.1) is 0 Å². The molecule has 1 amide bonds. The highest BCUT2D eigenvalue weighted by atomic mass is 16.5. The lowest BCUT2D eigenvalue weighted by atomic mass is 9.93. The van der Waals surface area contributed by atoms with Crippen LogP contribution in [0.25, 0.3) is 0 Å². The average Bonchev–Trinajstić information content (AvgIpc) is 2.30. The van der Waals surface area contributed by atoms with Crippen LogP contribution in [0.4, 0.5) is 0 Å². The number of aliphatic hydroxyl groups is 1. The second kappa shape index (κ2) is 5.36. The molecule has 0 bridgehead atoms. The summed E-state index contributed by atoms with van der Waals surface area (Å²) in [6.45, 7) is 4.00. The van der Waals surface area contributed by atoms with Gasteiger partial charge < -0.3 is 14.7 Å². The summed E-state index contributed by atoms with van der Waals surface area (Å²) in [4.78, 5) is 13.9. The van der Waals surface area contributed by atoms with E-state index in [0.717, 1.165) is 19.4 Å². The molecule has 2 saturated heterocycles. The fourth-order valence-electron chi connectivity index (χ4n) is 2.53. The van der Waals surface area contributed by atoms with Gasteiger partial charge in [-0.1, -0.05) is 0 Å². The zero-order valence-corrected chi connectivity index (χ0v) is 10.7. The second-order valence-electron chi connectivity index (χ2n) is 5.57. The summed E-state index contributed by atoms with van der Waals surface area (Å²) in [7, 11) is 0. The number of carbonyl (C=O) groups excluding carboxylic acids is 1. The first-order valence-electron chi connectivity index (χ1n) is 6.69. The van der Waals surface area contributed by atoms with Gasteiger partial charge in [-0.25, -0.2) is 0 Å². The normalized spacial score (nSPS) is 29.1. The van der Waals surface area contributed by atoms with E-state index in [1.165, 1.54) is 6.42 Å². The monoisotopic (exact) mass is 241 g/mol. The fraction of sp³-hybridized carbons (Fsp3) is 0.923. The Kier molecular flexibility index (Phi) is 4.05. The number of piperidine rings is 1. The van der Waals surface area contributed by atoms with Gasteiger partial charge in [0.1, 0.15) is 0 Å². The molecule has 0 spiro atoms. The minimum atomic E-state index is -0.585. The Bertz CT molecular complexity index is 262. The second-order valence-corrected chi connectivity index (χ2v) is 5.57. The molecule has 0 radical (unpaired) electrons. The third kappa shape index (κ3) is 3.68.